The van der Waals surface area contributed by atoms with E-state index < -0.39 is 18.7 Å². The Balaban J connectivity index is 0.000000886. The highest BCUT2D eigenvalue weighted by Crippen LogP contribution is 2.45. The fourth-order valence-electron chi connectivity index (χ4n) is 3.57. The number of alkyl halides is 3. The average Bonchev–Trinajstić information content (AvgIpc) is 2.87. The third-order valence-corrected chi connectivity index (χ3v) is 5.40. The summed E-state index contributed by atoms with van der Waals surface area (Å²) in [6.07, 6.45) is -2.46. The van der Waals surface area contributed by atoms with Crippen LogP contribution in [0.4, 0.5) is 34.8 Å². The van der Waals surface area contributed by atoms with Crippen molar-refractivity contribution in [3.05, 3.63) is 82.9 Å². The molecular formula is C26H28F4N4O3. The smallest absolute Gasteiger partial charge is 0.399 e. The van der Waals surface area contributed by atoms with Gasteiger partial charge in [-0.1, -0.05) is 12.1 Å². The highest BCUT2D eigenvalue weighted by molar-refractivity contribution is 5.72. The van der Waals surface area contributed by atoms with Gasteiger partial charge < -0.3 is 25.2 Å². The number of anilines is 3. The number of aliphatic hydroxyl groups is 1. The number of halogens is 4. The van der Waals surface area contributed by atoms with Gasteiger partial charge in [-0.15, -0.1) is 5.10 Å². The Kier molecular flexibility index (Phi) is 9.42. The van der Waals surface area contributed by atoms with Crippen LogP contribution in [0.15, 0.2) is 60.4 Å². The molecule has 1 aliphatic heterocycles. The normalized spacial score (nSPS) is 14.5. The lowest BCUT2D eigenvalue weighted by Gasteiger charge is -2.28. The monoisotopic (exact) mass is 520 g/mol. The lowest BCUT2D eigenvalue weighted by Crippen LogP contribution is -2.27. The molecule has 3 N–H and O–H groups in total. The van der Waals surface area contributed by atoms with Crippen LogP contribution in [0.25, 0.3) is 0 Å². The summed E-state index contributed by atoms with van der Waals surface area (Å²) in [7, 11) is 1.68. The Morgan fingerprint density at radius 3 is 2.54 bits per heavy atom. The SMILES string of the molecule is CCOC.Cc1cc(Nc2nncc3c2C(C(F)(F)F)C=C(CO)N3)ccc1OCc1cccc(F)c1. The third-order valence-electron chi connectivity index (χ3n) is 5.40. The fraction of sp³-hybridized carbons (Fsp3) is 0.308. The highest BCUT2D eigenvalue weighted by atomic mass is 19.4. The Bertz CT molecular complexity index is 1230. The number of hydrogen-bond acceptors (Lipinski definition) is 7. The molecule has 1 atom stereocenters. The van der Waals surface area contributed by atoms with Crippen LogP contribution in [0.5, 0.6) is 5.75 Å². The molecule has 0 saturated carbocycles. The van der Waals surface area contributed by atoms with Gasteiger partial charge in [-0.25, -0.2) is 4.39 Å². The van der Waals surface area contributed by atoms with E-state index in [-0.39, 0.29) is 35.2 Å². The number of aromatic nitrogens is 2. The topological polar surface area (TPSA) is 88.5 Å². The average molecular weight is 521 g/mol. The molecule has 7 nitrogen and oxygen atoms in total. The molecule has 1 aromatic heterocycles. The van der Waals surface area contributed by atoms with E-state index in [0.717, 1.165) is 18.2 Å². The highest BCUT2D eigenvalue weighted by Gasteiger charge is 2.44. The van der Waals surface area contributed by atoms with Crippen molar-refractivity contribution in [1.82, 2.24) is 10.2 Å². The van der Waals surface area contributed by atoms with Crippen LogP contribution in [-0.4, -0.2) is 41.8 Å². The molecule has 0 aliphatic carbocycles. The maximum Gasteiger partial charge on any atom is 0.399 e. The second-order valence-corrected chi connectivity index (χ2v) is 8.12. The molecule has 3 aromatic rings. The van der Waals surface area contributed by atoms with Gasteiger partial charge in [0.1, 0.15) is 24.1 Å². The van der Waals surface area contributed by atoms with E-state index in [1.54, 1.807) is 44.4 Å². The maximum absolute atomic E-state index is 13.7. The van der Waals surface area contributed by atoms with Gasteiger partial charge in [0, 0.05) is 30.7 Å². The van der Waals surface area contributed by atoms with Crippen molar-refractivity contribution in [2.45, 2.75) is 32.5 Å². The van der Waals surface area contributed by atoms with Crippen molar-refractivity contribution in [3.8, 4) is 5.75 Å². The van der Waals surface area contributed by atoms with Crippen LogP contribution in [0.1, 0.15) is 29.5 Å². The van der Waals surface area contributed by atoms with E-state index in [2.05, 4.69) is 25.6 Å². The minimum atomic E-state index is -4.58. The van der Waals surface area contributed by atoms with E-state index in [9.17, 15) is 22.7 Å². The molecule has 0 spiro atoms. The van der Waals surface area contributed by atoms with Crippen molar-refractivity contribution >= 4 is 17.2 Å². The quantitative estimate of drug-likeness (QED) is 0.337. The number of ether oxygens (including phenoxy) is 2. The van der Waals surface area contributed by atoms with Gasteiger partial charge in [-0.3, -0.25) is 0 Å². The molecule has 37 heavy (non-hydrogen) atoms. The zero-order valence-electron chi connectivity index (χ0n) is 20.6. The summed E-state index contributed by atoms with van der Waals surface area (Å²) >= 11 is 0. The van der Waals surface area contributed by atoms with Gasteiger partial charge in [0.25, 0.3) is 0 Å². The summed E-state index contributed by atoms with van der Waals surface area (Å²) in [6.45, 7) is 4.17. The van der Waals surface area contributed by atoms with Crippen LogP contribution in [0, 0.1) is 12.7 Å². The Labute approximate surface area is 212 Å². The summed E-state index contributed by atoms with van der Waals surface area (Å²) in [4.78, 5) is 0. The van der Waals surface area contributed by atoms with E-state index in [1.807, 2.05) is 6.92 Å². The number of hydrogen-bond donors (Lipinski definition) is 3. The molecule has 0 amide bonds. The molecule has 2 aromatic carbocycles. The second-order valence-electron chi connectivity index (χ2n) is 8.12. The standard InChI is InChI=1S/C23H20F4N4O2.C3H8O/c1-13-7-16(5-6-20(13)33-12-14-3-2-4-15(24)8-14)30-22-21-18(23(25,26)27)9-17(11-32)29-19(21)10-28-31-22;1-3-4-2/h2-10,18,29,32H,11-12H2,1H3,(H,30,31);3H2,1-2H3. The largest absolute Gasteiger partial charge is 0.489 e. The molecule has 1 unspecified atom stereocenters. The van der Waals surface area contributed by atoms with Gasteiger partial charge in [0.05, 0.1) is 18.5 Å². The number of allylic oxidation sites excluding steroid dienone is 1. The molecule has 0 saturated heterocycles. The first kappa shape index (κ1) is 27.9. The summed E-state index contributed by atoms with van der Waals surface area (Å²) in [5, 5.41) is 22.6. The lowest BCUT2D eigenvalue weighted by atomic mass is 9.93. The van der Waals surface area contributed by atoms with Crippen LogP contribution in [-0.2, 0) is 11.3 Å². The van der Waals surface area contributed by atoms with E-state index >= 15 is 0 Å². The maximum atomic E-state index is 13.7. The van der Waals surface area contributed by atoms with E-state index in [4.69, 9.17) is 4.74 Å². The Hall–Kier alpha value is -3.70. The van der Waals surface area contributed by atoms with Crippen LogP contribution in [0.3, 0.4) is 0 Å². The van der Waals surface area contributed by atoms with Crippen LogP contribution in [0.2, 0.25) is 0 Å². The first-order valence-corrected chi connectivity index (χ1v) is 11.4. The minimum absolute atomic E-state index is 0.0411. The molecule has 4 rings (SSSR count). The van der Waals surface area contributed by atoms with Crippen molar-refractivity contribution < 1.29 is 32.1 Å². The summed E-state index contributed by atoms with van der Waals surface area (Å²) < 4.78 is 64.9. The zero-order valence-corrected chi connectivity index (χ0v) is 20.6. The predicted molar refractivity (Wildman–Crippen MR) is 132 cm³/mol. The van der Waals surface area contributed by atoms with Gasteiger partial charge in [-0.05, 0) is 61.4 Å². The first-order chi connectivity index (χ1) is 17.7. The van der Waals surface area contributed by atoms with Crippen molar-refractivity contribution in [3.63, 3.8) is 0 Å². The first-order valence-electron chi connectivity index (χ1n) is 11.4. The zero-order chi connectivity index (χ0) is 27.0. The van der Waals surface area contributed by atoms with Crippen molar-refractivity contribution in [1.29, 1.82) is 0 Å². The molecule has 11 heteroatoms. The number of aryl methyl sites for hydroxylation is 1. The summed E-state index contributed by atoms with van der Waals surface area (Å²) in [5.41, 5.74) is 1.93. The van der Waals surface area contributed by atoms with Crippen molar-refractivity contribution in [2.75, 3.05) is 31.0 Å². The second kappa shape index (κ2) is 12.5. The number of rotatable bonds is 7. The molecule has 0 radical (unpaired) electrons. The number of benzene rings is 2. The summed E-state index contributed by atoms with van der Waals surface area (Å²) in [5.74, 6) is -1.81. The van der Waals surface area contributed by atoms with E-state index in [1.165, 1.54) is 18.3 Å². The number of nitrogens with one attached hydrogen (secondary N) is 2. The van der Waals surface area contributed by atoms with Crippen molar-refractivity contribution in [2.24, 2.45) is 0 Å². The number of fused-ring (bicyclic) bond motifs is 1. The van der Waals surface area contributed by atoms with Gasteiger partial charge in [-0.2, -0.15) is 18.3 Å². The van der Waals surface area contributed by atoms with E-state index in [0.29, 0.717) is 17.0 Å². The Morgan fingerprint density at radius 2 is 1.92 bits per heavy atom. The predicted octanol–water partition coefficient (Wildman–Crippen LogP) is 5.85. The molecule has 2 heterocycles. The minimum Gasteiger partial charge on any atom is -0.489 e. The van der Waals surface area contributed by atoms with Crippen LogP contribution < -0.4 is 15.4 Å². The molecule has 0 fully saturated rings. The Morgan fingerprint density at radius 1 is 1.16 bits per heavy atom. The lowest BCUT2D eigenvalue weighted by molar-refractivity contribution is -0.139. The third kappa shape index (κ3) is 7.40. The van der Waals surface area contributed by atoms with Gasteiger partial charge >= 0.3 is 6.18 Å². The fourth-order valence-corrected chi connectivity index (χ4v) is 3.57. The number of aliphatic hydroxyl groups excluding tert-OH is 1. The van der Waals surface area contributed by atoms with Gasteiger partial charge in [0.2, 0.25) is 0 Å². The summed E-state index contributed by atoms with van der Waals surface area (Å²) in [6, 6.07) is 11.1. The number of nitrogens with zero attached hydrogens (tertiary/aromatic N) is 2. The number of methoxy groups -OCH3 is 1. The van der Waals surface area contributed by atoms with Gasteiger partial charge in [0.15, 0.2) is 5.82 Å². The molecule has 0 bridgehead atoms. The van der Waals surface area contributed by atoms with Crippen LogP contribution >= 0.6 is 0 Å². The molecular weight excluding hydrogens is 492 g/mol. The molecule has 1 aliphatic rings. The molecule has 198 valence electrons.